The minimum atomic E-state index is 0.213. The normalized spacial score (nSPS) is 22.5. The van der Waals surface area contributed by atoms with E-state index in [1.54, 1.807) is 0 Å². The lowest BCUT2D eigenvalue weighted by Crippen LogP contribution is -2.42. The van der Waals surface area contributed by atoms with Crippen LogP contribution in [0.15, 0.2) is 0 Å². The van der Waals surface area contributed by atoms with Crippen LogP contribution in [0.5, 0.6) is 0 Å². The van der Waals surface area contributed by atoms with Gasteiger partial charge in [-0.2, -0.15) is 0 Å². The van der Waals surface area contributed by atoms with Crippen molar-refractivity contribution in [3.05, 3.63) is 0 Å². The molecule has 0 bridgehead atoms. The Morgan fingerprint density at radius 1 is 1.26 bits per heavy atom. The van der Waals surface area contributed by atoms with Crippen molar-refractivity contribution in [3.8, 4) is 0 Å². The van der Waals surface area contributed by atoms with Crippen molar-refractivity contribution in [1.29, 1.82) is 0 Å². The lowest BCUT2D eigenvalue weighted by atomic mass is 9.95. The molecule has 1 amide bonds. The zero-order valence-electron chi connectivity index (χ0n) is 12.2. The summed E-state index contributed by atoms with van der Waals surface area (Å²) in [5.74, 6) is 0.988. The molecule has 0 spiro atoms. The minimum absolute atomic E-state index is 0.213. The van der Waals surface area contributed by atoms with E-state index in [0.717, 1.165) is 25.3 Å². The Morgan fingerprint density at radius 2 is 1.95 bits per heavy atom. The number of rotatable bonds is 7. The van der Waals surface area contributed by atoms with E-state index >= 15 is 0 Å². The molecule has 1 unspecified atom stereocenters. The van der Waals surface area contributed by atoms with Gasteiger partial charge >= 0.3 is 0 Å². The summed E-state index contributed by atoms with van der Waals surface area (Å²) in [6.45, 7) is 1.54. The Kier molecular flexibility index (Phi) is 5.64. The van der Waals surface area contributed by atoms with Crippen LogP contribution in [0.3, 0.4) is 0 Å². The van der Waals surface area contributed by atoms with E-state index in [0.29, 0.717) is 25.0 Å². The van der Waals surface area contributed by atoms with Gasteiger partial charge in [-0.15, -0.1) is 0 Å². The van der Waals surface area contributed by atoms with Crippen molar-refractivity contribution >= 4 is 5.91 Å². The van der Waals surface area contributed by atoms with Crippen molar-refractivity contribution in [3.63, 3.8) is 0 Å². The fourth-order valence-corrected chi connectivity index (χ4v) is 3.20. The second kappa shape index (κ2) is 7.25. The molecule has 2 saturated carbocycles. The molecule has 19 heavy (non-hydrogen) atoms. The van der Waals surface area contributed by atoms with E-state index in [9.17, 15) is 4.79 Å². The zero-order valence-corrected chi connectivity index (χ0v) is 12.2. The molecule has 2 aliphatic carbocycles. The molecule has 4 heteroatoms. The van der Waals surface area contributed by atoms with Crippen LogP contribution in [0.4, 0.5) is 0 Å². The van der Waals surface area contributed by atoms with Crippen LogP contribution >= 0.6 is 0 Å². The molecule has 0 aromatic rings. The SMILES string of the molecule is CN(CCC(=O)NC1CCCCC1)C(CN)C1CC1. The first-order chi connectivity index (χ1) is 9.20. The summed E-state index contributed by atoms with van der Waals surface area (Å²) in [7, 11) is 2.10. The van der Waals surface area contributed by atoms with E-state index < -0.39 is 0 Å². The smallest absolute Gasteiger partial charge is 0.221 e. The summed E-state index contributed by atoms with van der Waals surface area (Å²) in [5.41, 5.74) is 5.83. The van der Waals surface area contributed by atoms with Gasteiger partial charge in [0.05, 0.1) is 0 Å². The minimum Gasteiger partial charge on any atom is -0.353 e. The molecule has 0 saturated heterocycles. The molecule has 0 aliphatic heterocycles. The van der Waals surface area contributed by atoms with E-state index in [1.165, 1.54) is 32.1 Å². The standard InChI is InChI=1S/C15H29N3O/c1-18(14(11-16)12-7-8-12)10-9-15(19)17-13-5-3-2-4-6-13/h12-14H,2-11,16H2,1H3,(H,17,19). The number of hydrogen-bond donors (Lipinski definition) is 2. The summed E-state index contributed by atoms with van der Waals surface area (Å²) in [4.78, 5) is 14.2. The van der Waals surface area contributed by atoms with E-state index in [-0.39, 0.29) is 5.91 Å². The van der Waals surface area contributed by atoms with Gasteiger partial charge in [0.2, 0.25) is 5.91 Å². The molecule has 4 nitrogen and oxygen atoms in total. The third kappa shape index (κ3) is 4.77. The summed E-state index contributed by atoms with van der Waals surface area (Å²) >= 11 is 0. The van der Waals surface area contributed by atoms with Gasteiger partial charge in [0.15, 0.2) is 0 Å². The fourth-order valence-electron chi connectivity index (χ4n) is 3.20. The van der Waals surface area contributed by atoms with Crippen LogP contribution in [0, 0.1) is 5.92 Å². The number of nitrogens with zero attached hydrogens (tertiary/aromatic N) is 1. The number of carbonyl (C=O) groups excluding carboxylic acids is 1. The Hall–Kier alpha value is -0.610. The predicted molar refractivity (Wildman–Crippen MR) is 77.8 cm³/mol. The van der Waals surface area contributed by atoms with Gasteiger partial charge in [-0.05, 0) is 38.6 Å². The van der Waals surface area contributed by atoms with Crippen molar-refractivity contribution in [2.24, 2.45) is 11.7 Å². The Morgan fingerprint density at radius 3 is 2.53 bits per heavy atom. The average Bonchev–Trinajstić information content (AvgIpc) is 3.23. The average molecular weight is 267 g/mol. The van der Waals surface area contributed by atoms with Crippen molar-refractivity contribution < 1.29 is 4.79 Å². The van der Waals surface area contributed by atoms with Crippen molar-refractivity contribution in [2.75, 3.05) is 20.1 Å². The largest absolute Gasteiger partial charge is 0.353 e. The van der Waals surface area contributed by atoms with E-state index in [4.69, 9.17) is 5.73 Å². The predicted octanol–water partition coefficient (Wildman–Crippen LogP) is 1.49. The lowest BCUT2D eigenvalue weighted by Gasteiger charge is -2.27. The van der Waals surface area contributed by atoms with Gasteiger partial charge in [0, 0.05) is 31.6 Å². The second-order valence-electron chi connectivity index (χ2n) is 6.27. The van der Waals surface area contributed by atoms with E-state index in [2.05, 4.69) is 17.3 Å². The molecule has 1 atom stereocenters. The Balaban J connectivity index is 1.64. The van der Waals surface area contributed by atoms with Crippen LogP contribution in [0.2, 0.25) is 0 Å². The first kappa shape index (κ1) is 14.8. The van der Waals surface area contributed by atoms with Crippen LogP contribution in [0.25, 0.3) is 0 Å². The summed E-state index contributed by atoms with van der Waals surface area (Å²) in [6.07, 6.45) is 9.40. The summed E-state index contributed by atoms with van der Waals surface area (Å²) < 4.78 is 0. The van der Waals surface area contributed by atoms with Gasteiger partial charge in [-0.25, -0.2) is 0 Å². The summed E-state index contributed by atoms with van der Waals surface area (Å²) in [5, 5.41) is 3.18. The van der Waals surface area contributed by atoms with Crippen molar-refractivity contribution in [1.82, 2.24) is 10.2 Å². The van der Waals surface area contributed by atoms with Crippen LogP contribution in [-0.2, 0) is 4.79 Å². The van der Waals surface area contributed by atoms with Gasteiger partial charge in [0.25, 0.3) is 0 Å². The second-order valence-corrected chi connectivity index (χ2v) is 6.27. The number of amides is 1. The monoisotopic (exact) mass is 267 g/mol. The molecular formula is C15H29N3O. The van der Waals surface area contributed by atoms with Gasteiger partial charge in [-0.3, -0.25) is 4.79 Å². The molecule has 0 heterocycles. The summed E-state index contributed by atoms with van der Waals surface area (Å²) in [6, 6.07) is 0.905. The number of carbonyl (C=O) groups is 1. The molecule has 3 N–H and O–H groups in total. The number of hydrogen-bond acceptors (Lipinski definition) is 3. The highest BCUT2D eigenvalue weighted by molar-refractivity contribution is 5.76. The third-order valence-corrected chi connectivity index (χ3v) is 4.64. The number of nitrogens with one attached hydrogen (secondary N) is 1. The lowest BCUT2D eigenvalue weighted by molar-refractivity contribution is -0.122. The first-order valence-corrected chi connectivity index (χ1v) is 7.90. The highest BCUT2D eigenvalue weighted by Crippen LogP contribution is 2.34. The van der Waals surface area contributed by atoms with Gasteiger partial charge in [0.1, 0.15) is 0 Å². The zero-order chi connectivity index (χ0) is 13.7. The number of likely N-dealkylation sites (N-methyl/N-ethyl adjacent to an activating group) is 1. The molecule has 0 radical (unpaired) electrons. The highest BCUT2D eigenvalue weighted by atomic mass is 16.1. The fraction of sp³-hybridized carbons (Fsp3) is 0.933. The van der Waals surface area contributed by atoms with Crippen molar-refractivity contribution in [2.45, 2.75) is 63.5 Å². The number of nitrogens with two attached hydrogens (primary N) is 1. The highest BCUT2D eigenvalue weighted by Gasteiger charge is 2.32. The maximum atomic E-state index is 11.9. The maximum Gasteiger partial charge on any atom is 0.221 e. The molecule has 110 valence electrons. The molecular weight excluding hydrogens is 238 g/mol. The Bertz CT molecular complexity index is 285. The van der Waals surface area contributed by atoms with Crippen LogP contribution in [-0.4, -0.2) is 43.0 Å². The van der Waals surface area contributed by atoms with Crippen LogP contribution < -0.4 is 11.1 Å². The molecule has 2 rings (SSSR count). The topological polar surface area (TPSA) is 58.4 Å². The van der Waals surface area contributed by atoms with E-state index in [1.807, 2.05) is 0 Å². The molecule has 2 aliphatic rings. The maximum absolute atomic E-state index is 11.9. The molecule has 0 aromatic heterocycles. The van der Waals surface area contributed by atoms with Crippen LogP contribution in [0.1, 0.15) is 51.4 Å². The molecule has 2 fully saturated rings. The Labute approximate surface area is 117 Å². The quantitative estimate of drug-likeness (QED) is 0.735. The van der Waals surface area contributed by atoms with Gasteiger partial charge < -0.3 is 16.0 Å². The molecule has 0 aromatic carbocycles. The first-order valence-electron chi connectivity index (χ1n) is 7.90. The third-order valence-electron chi connectivity index (χ3n) is 4.64. The van der Waals surface area contributed by atoms with Gasteiger partial charge in [-0.1, -0.05) is 19.3 Å².